The summed E-state index contributed by atoms with van der Waals surface area (Å²) in [7, 11) is 0. The smallest absolute Gasteiger partial charge is 0.227 e. The van der Waals surface area contributed by atoms with E-state index in [1.165, 1.54) is 0 Å². The quantitative estimate of drug-likeness (QED) is 0.809. The summed E-state index contributed by atoms with van der Waals surface area (Å²) in [5, 5.41) is 6.83. The Morgan fingerprint density at radius 3 is 2.94 bits per heavy atom. The van der Waals surface area contributed by atoms with Crippen LogP contribution in [-0.2, 0) is 17.6 Å². The molecule has 17 heavy (non-hydrogen) atoms. The van der Waals surface area contributed by atoms with Gasteiger partial charge < -0.3 is 9.84 Å². The zero-order valence-corrected chi connectivity index (χ0v) is 10.6. The van der Waals surface area contributed by atoms with E-state index >= 15 is 0 Å². The molecule has 1 aromatic heterocycles. The Balaban J connectivity index is 2.29. The maximum Gasteiger partial charge on any atom is 0.227 e. The van der Waals surface area contributed by atoms with Crippen molar-refractivity contribution >= 4 is 17.5 Å². The number of nitrogens with one attached hydrogen (secondary N) is 1. The second-order valence-corrected chi connectivity index (χ2v) is 4.18. The maximum absolute atomic E-state index is 11.4. The van der Waals surface area contributed by atoms with E-state index < -0.39 is 0 Å². The standard InChI is InChI=1S/C11H16ClN3O2/c1-3-4-9-14-11(17-15-9)6-5-10(16)13-7-8(2)12/h2-7H2,1H3,(H,13,16). The highest BCUT2D eigenvalue weighted by molar-refractivity contribution is 6.29. The molecule has 1 aromatic rings. The fraction of sp³-hybridized carbons (Fsp3) is 0.545. The van der Waals surface area contributed by atoms with Gasteiger partial charge in [0.2, 0.25) is 11.8 Å². The highest BCUT2D eigenvalue weighted by Crippen LogP contribution is 2.03. The number of aryl methyl sites for hydroxylation is 2. The van der Waals surface area contributed by atoms with Crippen LogP contribution in [0.4, 0.5) is 0 Å². The number of hydrogen-bond acceptors (Lipinski definition) is 4. The SMILES string of the molecule is C=C(Cl)CNC(=O)CCc1nc(CCC)no1. The Bertz CT molecular complexity index is 390. The van der Waals surface area contributed by atoms with Crippen molar-refractivity contribution in [2.75, 3.05) is 6.54 Å². The average molecular weight is 258 g/mol. The highest BCUT2D eigenvalue weighted by Gasteiger charge is 2.08. The number of amides is 1. The molecule has 0 aliphatic rings. The fourth-order valence-corrected chi connectivity index (χ4v) is 1.29. The van der Waals surface area contributed by atoms with Crippen LogP contribution in [0.1, 0.15) is 31.5 Å². The molecule has 5 nitrogen and oxygen atoms in total. The summed E-state index contributed by atoms with van der Waals surface area (Å²) in [6, 6.07) is 0. The van der Waals surface area contributed by atoms with Gasteiger partial charge in [-0.15, -0.1) is 0 Å². The van der Waals surface area contributed by atoms with Crippen LogP contribution >= 0.6 is 11.6 Å². The van der Waals surface area contributed by atoms with Crippen LogP contribution in [0, 0.1) is 0 Å². The first-order valence-electron chi connectivity index (χ1n) is 5.53. The van der Waals surface area contributed by atoms with Crippen LogP contribution in [0.5, 0.6) is 0 Å². The van der Waals surface area contributed by atoms with Crippen molar-refractivity contribution in [2.45, 2.75) is 32.6 Å². The molecule has 0 atom stereocenters. The van der Waals surface area contributed by atoms with Gasteiger partial charge in [0.15, 0.2) is 5.82 Å². The number of nitrogens with zero attached hydrogens (tertiary/aromatic N) is 2. The summed E-state index contributed by atoms with van der Waals surface area (Å²) in [6.07, 6.45) is 2.51. The second-order valence-electron chi connectivity index (χ2n) is 3.65. The number of rotatable bonds is 7. The van der Waals surface area contributed by atoms with E-state index in [1.807, 2.05) is 6.92 Å². The van der Waals surface area contributed by atoms with Crippen LogP contribution in [-0.4, -0.2) is 22.6 Å². The maximum atomic E-state index is 11.4. The van der Waals surface area contributed by atoms with E-state index in [0.29, 0.717) is 29.6 Å². The van der Waals surface area contributed by atoms with Gasteiger partial charge in [-0.05, 0) is 6.42 Å². The summed E-state index contributed by atoms with van der Waals surface area (Å²) in [4.78, 5) is 15.5. The Morgan fingerprint density at radius 2 is 2.29 bits per heavy atom. The van der Waals surface area contributed by atoms with Crippen molar-refractivity contribution in [2.24, 2.45) is 0 Å². The van der Waals surface area contributed by atoms with Gasteiger partial charge in [0.25, 0.3) is 0 Å². The first kappa shape index (κ1) is 13.7. The molecule has 0 unspecified atom stereocenters. The second kappa shape index (κ2) is 7.06. The highest BCUT2D eigenvalue weighted by atomic mass is 35.5. The summed E-state index contributed by atoms with van der Waals surface area (Å²) in [5.41, 5.74) is 0. The molecule has 1 N–H and O–H groups in total. The molecule has 6 heteroatoms. The third kappa shape index (κ3) is 5.49. The Kier molecular flexibility index (Phi) is 5.69. The molecule has 0 bridgehead atoms. The van der Waals surface area contributed by atoms with E-state index in [9.17, 15) is 4.79 Å². The van der Waals surface area contributed by atoms with E-state index in [-0.39, 0.29) is 12.5 Å². The van der Waals surface area contributed by atoms with Crippen LogP contribution in [0.3, 0.4) is 0 Å². The van der Waals surface area contributed by atoms with Crippen molar-refractivity contribution in [1.82, 2.24) is 15.5 Å². The zero-order valence-electron chi connectivity index (χ0n) is 9.83. The monoisotopic (exact) mass is 257 g/mol. The van der Waals surface area contributed by atoms with Crippen LogP contribution in [0.2, 0.25) is 0 Å². The molecule has 1 heterocycles. The Hall–Kier alpha value is -1.36. The topological polar surface area (TPSA) is 68.0 Å². The van der Waals surface area contributed by atoms with Crippen LogP contribution in [0.15, 0.2) is 16.1 Å². The Morgan fingerprint density at radius 1 is 1.53 bits per heavy atom. The number of aromatic nitrogens is 2. The number of carbonyl (C=O) groups is 1. The predicted molar refractivity (Wildman–Crippen MR) is 64.6 cm³/mol. The van der Waals surface area contributed by atoms with Crippen molar-refractivity contribution < 1.29 is 9.32 Å². The fourth-order valence-electron chi connectivity index (χ4n) is 1.22. The van der Waals surface area contributed by atoms with Gasteiger partial charge in [0.1, 0.15) is 0 Å². The summed E-state index contributed by atoms with van der Waals surface area (Å²) in [5.74, 6) is 1.08. The molecular formula is C11H16ClN3O2. The molecular weight excluding hydrogens is 242 g/mol. The average Bonchev–Trinajstić information content (AvgIpc) is 2.72. The molecule has 0 saturated carbocycles. The van der Waals surface area contributed by atoms with Crippen molar-refractivity contribution in [3.8, 4) is 0 Å². The minimum Gasteiger partial charge on any atom is -0.351 e. The first-order valence-corrected chi connectivity index (χ1v) is 5.91. The minimum atomic E-state index is -0.109. The Labute approximate surface area is 105 Å². The lowest BCUT2D eigenvalue weighted by Gasteiger charge is -2.01. The summed E-state index contributed by atoms with van der Waals surface area (Å²) < 4.78 is 5.01. The molecule has 0 radical (unpaired) electrons. The van der Waals surface area contributed by atoms with Crippen molar-refractivity contribution in [1.29, 1.82) is 0 Å². The van der Waals surface area contributed by atoms with E-state index in [1.54, 1.807) is 0 Å². The van der Waals surface area contributed by atoms with E-state index in [2.05, 4.69) is 22.0 Å². The third-order valence-electron chi connectivity index (χ3n) is 2.03. The third-order valence-corrected chi connectivity index (χ3v) is 2.16. The molecule has 0 aliphatic carbocycles. The van der Waals surface area contributed by atoms with Gasteiger partial charge in [-0.1, -0.05) is 30.3 Å². The molecule has 0 saturated heterocycles. The number of carbonyl (C=O) groups excluding carboxylic acids is 1. The van der Waals surface area contributed by atoms with E-state index in [4.69, 9.17) is 16.1 Å². The molecule has 0 spiro atoms. The molecule has 1 amide bonds. The molecule has 0 aromatic carbocycles. The van der Waals surface area contributed by atoms with Gasteiger partial charge in [-0.3, -0.25) is 4.79 Å². The lowest BCUT2D eigenvalue weighted by Crippen LogP contribution is -2.24. The van der Waals surface area contributed by atoms with Gasteiger partial charge >= 0.3 is 0 Å². The summed E-state index contributed by atoms with van der Waals surface area (Å²) in [6.45, 7) is 5.81. The first-order chi connectivity index (χ1) is 8.11. The van der Waals surface area contributed by atoms with Gasteiger partial charge in [0.05, 0.1) is 6.54 Å². The van der Waals surface area contributed by atoms with Gasteiger partial charge in [-0.25, -0.2) is 0 Å². The van der Waals surface area contributed by atoms with E-state index in [0.717, 1.165) is 12.8 Å². The predicted octanol–water partition coefficient (Wildman–Crippen LogP) is 1.82. The summed E-state index contributed by atoms with van der Waals surface area (Å²) >= 11 is 5.53. The van der Waals surface area contributed by atoms with Gasteiger partial charge in [0, 0.05) is 24.3 Å². The van der Waals surface area contributed by atoms with Crippen molar-refractivity contribution in [3.05, 3.63) is 23.3 Å². The largest absolute Gasteiger partial charge is 0.351 e. The number of halogens is 1. The molecule has 0 aliphatic heterocycles. The zero-order chi connectivity index (χ0) is 12.7. The lowest BCUT2D eigenvalue weighted by atomic mass is 10.3. The molecule has 1 rings (SSSR count). The molecule has 94 valence electrons. The van der Waals surface area contributed by atoms with Crippen LogP contribution in [0.25, 0.3) is 0 Å². The normalized spacial score (nSPS) is 10.2. The van der Waals surface area contributed by atoms with Gasteiger partial charge in [-0.2, -0.15) is 4.98 Å². The van der Waals surface area contributed by atoms with Crippen molar-refractivity contribution in [3.63, 3.8) is 0 Å². The molecule has 0 fully saturated rings. The number of hydrogen-bond donors (Lipinski definition) is 1. The van der Waals surface area contributed by atoms with Crippen LogP contribution < -0.4 is 5.32 Å². The lowest BCUT2D eigenvalue weighted by molar-refractivity contribution is -0.120. The minimum absolute atomic E-state index is 0.109.